The van der Waals surface area contributed by atoms with Crippen molar-refractivity contribution in [1.29, 1.82) is 5.26 Å². The molecule has 0 aliphatic carbocycles. The molecular weight excluding hydrogens is 283 g/mol. The van der Waals surface area contributed by atoms with Gasteiger partial charge in [-0.2, -0.15) is 5.26 Å². The molecule has 4 heteroatoms. The fourth-order valence-electron chi connectivity index (χ4n) is 1.59. The molecule has 92 valence electrons. The Morgan fingerprint density at radius 1 is 1.47 bits per heavy atom. The van der Waals surface area contributed by atoms with Gasteiger partial charge in [0.15, 0.2) is 0 Å². The lowest BCUT2D eigenvalue weighted by Gasteiger charge is -2.25. The van der Waals surface area contributed by atoms with E-state index in [1.54, 1.807) is 12.1 Å². The second-order valence-electron chi connectivity index (χ2n) is 4.22. The van der Waals surface area contributed by atoms with Gasteiger partial charge < -0.3 is 0 Å². The normalized spacial score (nSPS) is 10.9. The molecule has 0 saturated heterocycles. The summed E-state index contributed by atoms with van der Waals surface area (Å²) < 4.78 is 13.6. The molecule has 0 heterocycles. The molecule has 0 aliphatic rings. The van der Waals surface area contributed by atoms with Gasteiger partial charge in [-0.1, -0.05) is 6.07 Å². The molecule has 0 spiro atoms. The summed E-state index contributed by atoms with van der Waals surface area (Å²) in [5.41, 5.74) is 1.05. The van der Waals surface area contributed by atoms with E-state index in [1.807, 2.05) is 0 Å². The number of nitriles is 1. The third kappa shape index (κ3) is 4.45. The van der Waals surface area contributed by atoms with Crippen LogP contribution in [-0.2, 0) is 6.54 Å². The molecule has 0 fully saturated rings. The zero-order chi connectivity index (χ0) is 12.8. The first kappa shape index (κ1) is 14.1. The van der Waals surface area contributed by atoms with Gasteiger partial charge in [0, 0.05) is 25.6 Å². The lowest BCUT2D eigenvalue weighted by atomic mass is 10.2. The van der Waals surface area contributed by atoms with Crippen LogP contribution >= 0.6 is 15.9 Å². The molecule has 0 aromatic heterocycles. The van der Waals surface area contributed by atoms with E-state index in [0.29, 0.717) is 16.9 Å². The van der Waals surface area contributed by atoms with Crippen LogP contribution in [0.1, 0.15) is 25.8 Å². The Balaban J connectivity index is 2.72. The predicted octanol–water partition coefficient (Wildman–Crippen LogP) is 3.71. The number of hydrogen-bond donors (Lipinski definition) is 0. The molecule has 0 saturated carbocycles. The highest BCUT2D eigenvalue weighted by Gasteiger charge is 2.10. The van der Waals surface area contributed by atoms with Gasteiger partial charge in [0.2, 0.25) is 0 Å². The second kappa shape index (κ2) is 6.73. The topological polar surface area (TPSA) is 27.0 Å². The lowest BCUT2D eigenvalue weighted by Crippen LogP contribution is -2.31. The fourth-order valence-corrected chi connectivity index (χ4v) is 2.01. The molecule has 1 aromatic rings. The largest absolute Gasteiger partial charge is 0.296 e. The minimum absolute atomic E-state index is 0.248. The highest BCUT2D eigenvalue weighted by atomic mass is 79.9. The van der Waals surface area contributed by atoms with E-state index >= 15 is 0 Å². The minimum atomic E-state index is -0.248. The molecule has 0 aliphatic heterocycles. The first-order valence-electron chi connectivity index (χ1n) is 5.59. The van der Waals surface area contributed by atoms with Crippen molar-refractivity contribution in [2.45, 2.75) is 32.9 Å². The Morgan fingerprint density at radius 2 is 2.18 bits per heavy atom. The number of nitrogens with zero attached hydrogens (tertiary/aromatic N) is 2. The maximum atomic E-state index is 13.1. The van der Waals surface area contributed by atoms with Gasteiger partial charge in [0.25, 0.3) is 0 Å². The fraction of sp³-hybridized carbons (Fsp3) is 0.462. The summed E-state index contributed by atoms with van der Waals surface area (Å²) >= 11 is 3.18. The highest BCUT2D eigenvalue weighted by molar-refractivity contribution is 9.10. The molecule has 1 rings (SSSR count). The molecule has 1 aromatic carbocycles. The Hall–Kier alpha value is -0.920. The van der Waals surface area contributed by atoms with E-state index in [1.165, 1.54) is 6.07 Å². The Morgan fingerprint density at radius 3 is 2.71 bits per heavy atom. The summed E-state index contributed by atoms with van der Waals surface area (Å²) in [6.07, 6.45) is 0.514. The lowest BCUT2D eigenvalue weighted by molar-refractivity contribution is 0.218. The van der Waals surface area contributed by atoms with Crippen molar-refractivity contribution in [2.24, 2.45) is 0 Å². The minimum Gasteiger partial charge on any atom is -0.296 e. The SMILES string of the molecule is CC(C)N(CCC#N)Cc1ccc(F)c(Br)c1. The van der Waals surface area contributed by atoms with Gasteiger partial charge in [0.1, 0.15) is 5.82 Å². The molecule has 0 radical (unpaired) electrons. The van der Waals surface area contributed by atoms with E-state index in [-0.39, 0.29) is 5.82 Å². The van der Waals surface area contributed by atoms with Crippen molar-refractivity contribution in [3.8, 4) is 6.07 Å². The number of halogens is 2. The number of benzene rings is 1. The van der Waals surface area contributed by atoms with Crippen LogP contribution in [0.2, 0.25) is 0 Å². The van der Waals surface area contributed by atoms with Crippen molar-refractivity contribution in [3.05, 3.63) is 34.1 Å². The van der Waals surface area contributed by atoms with Crippen LogP contribution in [0.5, 0.6) is 0 Å². The smallest absolute Gasteiger partial charge is 0.137 e. The van der Waals surface area contributed by atoms with Gasteiger partial charge in [-0.3, -0.25) is 4.90 Å². The van der Waals surface area contributed by atoms with Crippen LogP contribution in [-0.4, -0.2) is 17.5 Å². The Bertz CT molecular complexity index is 412. The molecule has 17 heavy (non-hydrogen) atoms. The van der Waals surface area contributed by atoms with Gasteiger partial charge in [-0.25, -0.2) is 4.39 Å². The van der Waals surface area contributed by atoms with Crippen molar-refractivity contribution in [2.75, 3.05) is 6.54 Å². The molecular formula is C13H16BrFN2. The van der Waals surface area contributed by atoms with Crippen LogP contribution in [0.15, 0.2) is 22.7 Å². The summed E-state index contributed by atoms with van der Waals surface area (Å²) in [6.45, 7) is 5.66. The third-order valence-corrected chi connectivity index (χ3v) is 3.22. The zero-order valence-corrected chi connectivity index (χ0v) is 11.7. The van der Waals surface area contributed by atoms with E-state index in [0.717, 1.165) is 18.7 Å². The molecule has 0 bridgehead atoms. The summed E-state index contributed by atoms with van der Waals surface area (Å²) in [5.74, 6) is -0.248. The number of rotatable bonds is 5. The van der Waals surface area contributed by atoms with Gasteiger partial charge in [-0.15, -0.1) is 0 Å². The van der Waals surface area contributed by atoms with Crippen LogP contribution in [0.3, 0.4) is 0 Å². The van der Waals surface area contributed by atoms with Crippen LogP contribution in [0.25, 0.3) is 0 Å². The molecule has 2 nitrogen and oxygen atoms in total. The third-order valence-electron chi connectivity index (χ3n) is 2.61. The zero-order valence-electron chi connectivity index (χ0n) is 10.1. The van der Waals surface area contributed by atoms with Gasteiger partial charge in [-0.05, 0) is 47.5 Å². The maximum absolute atomic E-state index is 13.1. The molecule has 0 N–H and O–H groups in total. The first-order valence-corrected chi connectivity index (χ1v) is 6.39. The first-order chi connectivity index (χ1) is 8.04. The summed E-state index contributed by atoms with van der Waals surface area (Å²) in [6, 6.07) is 7.55. The van der Waals surface area contributed by atoms with Crippen LogP contribution in [0.4, 0.5) is 4.39 Å². The van der Waals surface area contributed by atoms with Gasteiger partial charge in [0.05, 0.1) is 10.5 Å². The van der Waals surface area contributed by atoms with Crippen LogP contribution in [0, 0.1) is 17.1 Å². The quantitative estimate of drug-likeness (QED) is 0.828. The predicted molar refractivity (Wildman–Crippen MR) is 69.9 cm³/mol. The van der Waals surface area contributed by atoms with Crippen LogP contribution < -0.4 is 0 Å². The van der Waals surface area contributed by atoms with E-state index in [4.69, 9.17) is 5.26 Å². The van der Waals surface area contributed by atoms with Crippen molar-refractivity contribution >= 4 is 15.9 Å². The van der Waals surface area contributed by atoms with Gasteiger partial charge >= 0.3 is 0 Å². The molecule has 0 unspecified atom stereocenters. The maximum Gasteiger partial charge on any atom is 0.137 e. The van der Waals surface area contributed by atoms with E-state index in [9.17, 15) is 4.39 Å². The average Bonchev–Trinajstić information content (AvgIpc) is 2.28. The average molecular weight is 299 g/mol. The summed E-state index contributed by atoms with van der Waals surface area (Å²) in [7, 11) is 0. The monoisotopic (exact) mass is 298 g/mol. The Kier molecular flexibility index (Phi) is 5.60. The standard InChI is InChI=1S/C13H16BrFN2/c1-10(2)17(7-3-6-16)9-11-4-5-13(15)12(14)8-11/h4-5,8,10H,3,7,9H2,1-2H3. The summed E-state index contributed by atoms with van der Waals surface area (Å²) in [4.78, 5) is 2.20. The Labute approximate surface area is 110 Å². The van der Waals surface area contributed by atoms with Crippen molar-refractivity contribution in [1.82, 2.24) is 4.90 Å². The molecule has 0 atom stereocenters. The van der Waals surface area contributed by atoms with Crippen molar-refractivity contribution < 1.29 is 4.39 Å². The van der Waals surface area contributed by atoms with E-state index in [2.05, 4.69) is 40.7 Å². The highest BCUT2D eigenvalue weighted by Crippen LogP contribution is 2.18. The summed E-state index contributed by atoms with van der Waals surface area (Å²) in [5, 5.41) is 8.61. The second-order valence-corrected chi connectivity index (χ2v) is 5.08. The van der Waals surface area contributed by atoms with E-state index < -0.39 is 0 Å². The van der Waals surface area contributed by atoms with Crippen molar-refractivity contribution in [3.63, 3.8) is 0 Å². The number of hydrogen-bond acceptors (Lipinski definition) is 2. The molecule has 0 amide bonds.